The van der Waals surface area contributed by atoms with Gasteiger partial charge in [0.25, 0.3) is 11.8 Å². The number of likely N-dealkylation sites (N-methyl/N-ethyl adjacent to an activating group) is 1. The Hall–Kier alpha value is -3.61. The molecule has 2 atom stereocenters. The fourth-order valence-corrected chi connectivity index (χ4v) is 4.80. The zero-order valence-electron chi connectivity index (χ0n) is 22.9. The van der Waals surface area contributed by atoms with Crippen LogP contribution in [0, 0.1) is 0 Å². The second-order valence-electron chi connectivity index (χ2n) is 9.85. The SMILES string of the molecule is COCCO[C@@H]1C[C@H]2COc3nc4c(cnn4cc3OCCN(C)C)-c3cc(cc(OC)c3)NCCN2C1=O. The van der Waals surface area contributed by atoms with Gasteiger partial charge in [-0.25, -0.2) is 4.52 Å². The standard InChI is InChI=1S/C27H36N6O6/c1-31(2)7-8-37-24-16-33-25-22(15-29-33)18-11-19(13-21(12-18)36-4)28-5-6-32-20(17-39-26(24)30-25)14-23(27(32)34)38-10-9-35-3/h11-13,15-16,20,23,28H,5-10,14,17H2,1-4H3/t20-,23+/m0/s1. The Bertz CT molecular complexity index is 1300. The summed E-state index contributed by atoms with van der Waals surface area (Å²) in [6.07, 6.45) is 3.54. The van der Waals surface area contributed by atoms with Gasteiger partial charge in [0.1, 0.15) is 25.1 Å². The molecule has 2 aromatic heterocycles. The number of fused-ring (bicyclic) bond motifs is 5. The van der Waals surface area contributed by atoms with Gasteiger partial charge in [-0.15, -0.1) is 0 Å². The number of nitrogens with one attached hydrogen (secondary N) is 1. The van der Waals surface area contributed by atoms with E-state index in [9.17, 15) is 4.79 Å². The van der Waals surface area contributed by atoms with Crippen LogP contribution in [-0.4, -0.2) is 117 Å². The van der Waals surface area contributed by atoms with E-state index in [0.717, 1.165) is 23.4 Å². The van der Waals surface area contributed by atoms with Crippen LogP contribution in [0.5, 0.6) is 17.4 Å². The van der Waals surface area contributed by atoms with Crippen LogP contribution in [0.1, 0.15) is 6.42 Å². The van der Waals surface area contributed by atoms with E-state index < -0.39 is 6.10 Å². The summed E-state index contributed by atoms with van der Waals surface area (Å²) in [4.78, 5) is 22.0. The fourth-order valence-electron chi connectivity index (χ4n) is 4.80. The summed E-state index contributed by atoms with van der Waals surface area (Å²) < 4.78 is 30.6. The lowest BCUT2D eigenvalue weighted by atomic mass is 10.1. The van der Waals surface area contributed by atoms with Crippen LogP contribution in [0.25, 0.3) is 16.8 Å². The van der Waals surface area contributed by atoms with Gasteiger partial charge in [-0.05, 0) is 31.8 Å². The summed E-state index contributed by atoms with van der Waals surface area (Å²) in [5.74, 6) is 1.49. The topological polar surface area (TPSA) is 112 Å². The Balaban J connectivity index is 1.52. The van der Waals surface area contributed by atoms with E-state index in [1.54, 1.807) is 31.1 Å². The quantitative estimate of drug-likeness (QED) is 0.403. The summed E-state index contributed by atoms with van der Waals surface area (Å²) in [5, 5.41) is 7.98. The second kappa shape index (κ2) is 12.1. The maximum atomic E-state index is 13.3. The molecule has 210 valence electrons. The average Bonchev–Trinajstić information content (AvgIpc) is 3.47. The first-order chi connectivity index (χ1) is 19.0. The minimum absolute atomic E-state index is 0.0520. The number of nitrogens with zero attached hydrogens (tertiary/aromatic N) is 5. The van der Waals surface area contributed by atoms with Crippen LogP contribution in [0.4, 0.5) is 5.69 Å². The first kappa shape index (κ1) is 27.0. The van der Waals surface area contributed by atoms with Gasteiger partial charge in [-0.3, -0.25) is 4.79 Å². The van der Waals surface area contributed by atoms with E-state index in [1.807, 2.05) is 42.1 Å². The van der Waals surface area contributed by atoms with E-state index >= 15 is 0 Å². The van der Waals surface area contributed by atoms with Crippen LogP contribution < -0.4 is 19.5 Å². The molecule has 39 heavy (non-hydrogen) atoms. The zero-order valence-corrected chi connectivity index (χ0v) is 22.9. The molecule has 2 aliphatic rings. The summed E-state index contributed by atoms with van der Waals surface area (Å²) in [6.45, 7) is 3.26. The van der Waals surface area contributed by atoms with Crippen LogP contribution in [-0.2, 0) is 14.3 Å². The van der Waals surface area contributed by atoms with Crippen molar-refractivity contribution in [1.82, 2.24) is 24.4 Å². The van der Waals surface area contributed by atoms with Gasteiger partial charge >= 0.3 is 0 Å². The monoisotopic (exact) mass is 540 g/mol. The number of hydrogen-bond donors (Lipinski definition) is 1. The Morgan fingerprint density at radius 1 is 1.18 bits per heavy atom. The van der Waals surface area contributed by atoms with E-state index in [0.29, 0.717) is 62.4 Å². The molecular formula is C27H36N6O6. The molecular weight excluding hydrogens is 504 g/mol. The van der Waals surface area contributed by atoms with E-state index in [2.05, 4.69) is 10.4 Å². The molecule has 0 aliphatic carbocycles. The van der Waals surface area contributed by atoms with Gasteiger partial charge in [0, 0.05) is 50.5 Å². The van der Waals surface area contributed by atoms with Crippen molar-refractivity contribution in [2.75, 3.05) is 79.7 Å². The van der Waals surface area contributed by atoms with Crippen molar-refractivity contribution < 1.29 is 28.5 Å². The summed E-state index contributed by atoms with van der Waals surface area (Å²) in [7, 11) is 7.22. The molecule has 12 nitrogen and oxygen atoms in total. The molecule has 1 aromatic carbocycles. The lowest BCUT2D eigenvalue weighted by Crippen LogP contribution is -2.41. The lowest BCUT2D eigenvalue weighted by Gasteiger charge is -2.25. The number of aromatic nitrogens is 3. The highest BCUT2D eigenvalue weighted by molar-refractivity contribution is 5.84. The molecule has 4 bridgehead atoms. The van der Waals surface area contributed by atoms with Crippen LogP contribution >= 0.6 is 0 Å². The van der Waals surface area contributed by atoms with Crippen LogP contribution in [0.2, 0.25) is 0 Å². The van der Waals surface area contributed by atoms with Crippen molar-refractivity contribution in [3.05, 3.63) is 30.6 Å². The first-order valence-electron chi connectivity index (χ1n) is 13.1. The predicted octanol–water partition coefficient (Wildman–Crippen LogP) is 1.78. The summed E-state index contributed by atoms with van der Waals surface area (Å²) >= 11 is 0. The second-order valence-corrected chi connectivity index (χ2v) is 9.85. The molecule has 1 amide bonds. The molecule has 4 heterocycles. The molecule has 0 radical (unpaired) electrons. The highest BCUT2D eigenvalue weighted by Crippen LogP contribution is 2.34. The number of anilines is 1. The van der Waals surface area contributed by atoms with Crippen molar-refractivity contribution >= 4 is 17.2 Å². The van der Waals surface area contributed by atoms with Gasteiger partial charge in [-0.2, -0.15) is 10.1 Å². The average molecular weight is 541 g/mol. The third-order valence-corrected chi connectivity index (χ3v) is 6.86. The Kier molecular flexibility index (Phi) is 8.34. The number of methoxy groups -OCH3 is 2. The Morgan fingerprint density at radius 2 is 2.05 bits per heavy atom. The molecule has 1 saturated heterocycles. The molecule has 1 fully saturated rings. The number of hydrogen-bond acceptors (Lipinski definition) is 10. The van der Waals surface area contributed by atoms with Gasteiger partial charge < -0.3 is 38.8 Å². The number of ether oxygens (including phenoxy) is 5. The number of amides is 1. The first-order valence-corrected chi connectivity index (χ1v) is 13.1. The third-order valence-electron chi connectivity index (χ3n) is 6.86. The van der Waals surface area contributed by atoms with Gasteiger partial charge in [0.2, 0.25) is 0 Å². The van der Waals surface area contributed by atoms with Crippen molar-refractivity contribution in [2.45, 2.75) is 18.6 Å². The smallest absolute Gasteiger partial charge is 0.260 e. The lowest BCUT2D eigenvalue weighted by molar-refractivity contribution is -0.138. The molecule has 0 spiro atoms. The molecule has 0 unspecified atom stereocenters. The van der Waals surface area contributed by atoms with Crippen molar-refractivity contribution in [3.63, 3.8) is 0 Å². The normalized spacial score (nSPS) is 19.1. The highest BCUT2D eigenvalue weighted by Gasteiger charge is 2.40. The molecule has 1 N–H and O–H groups in total. The number of rotatable bonds is 9. The molecule has 5 rings (SSSR count). The zero-order chi connectivity index (χ0) is 27.4. The number of carbonyl (C=O) groups is 1. The van der Waals surface area contributed by atoms with E-state index in [-0.39, 0.29) is 18.6 Å². The van der Waals surface area contributed by atoms with Gasteiger partial charge in [0.05, 0.1) is 38.8 Å². The van der Waals surface area contributed by atoms with Crippen molar-refractivity contribution in [2.24, 2.45) is 0 Å². The largest absolute Gasteiger partial charge is 0.497 e. The van der Waals surface area contributed by atoms with Crippen molar-refractivity contribution in [3.8, 4) is 28.5 Å². The minimum Gasteiger partial charge on any atom is -0.497 e. The Morgan fingerprint density at radius 3 is 2.85 bits per heavy atom. The van der Waals surface area contributed by atoms with Crippen molar-refractivity contribution in [1.29, 1.82) is 0 Å². The molecule has 12 heteroatoms. The maximum Gasteiger partial charge on any atom is 0.260 e. The summed E-state index contributed by atoms with van der Waals surface area (Å²) in [5.41, 5.74) is 3.23. The van der Waals surface area contributed by atoms with Crippen LogP contribution in [0.3, 0.4) is 0 Å². The maximum absolute atomic E-state index is 13.3. The predicted molar refractivity (Wildman–Crippen MR) is 145 cm³/mol. The Labute approximate surface area is 227 Å². The fraction of sp³-hybridized carbons (Fsp3) is 0.519. The van der Waals surface area contributed by atoms with Gasteiger partial charge in [-0.1, -0.05) is 0 Å². The third kappa shape index (κ3) is 6.02. The number of carbonyl (C=O) groups excluding carboxylic acids is 1. The number of benzene rings is 1. The molecule has 3 aromatic rings. The summed E-state index contributed by atoms with van der Waals surface area (Å²) in [6, 6.07) is 5.71. The highest BCUT2D eigenvalue weighted by atomic mass is 16.5. The minimum atomic E-state index is -0.541. The van der Waals surface area contributed by atoms with Crippen LogP contribution in [0.15, 0.2) is 30.6 Å². The van der Waals surface area contributed by atoms with Gasteiger partial charge in [0.15, 0.2) is 11.4 Å². The van der Waals surface area contributed by atoms with E-state index in [1.165, 1.54) is 0 Å². The van der Waals surface area contributed by atoms with E-state index in [4.69, 9.17) is 28.7 Å². The molecule has 2 aliphatic heterocycles. The molecule has 0 saturated carbocycles.